The number of methoxy groups -OCH3 is 1. The highest BCUT2D eigenvalue weighted by Gasteiger charge is 2.23. The average Bonchev–Trinajstić information content (AvgIpc) is 3.36. The minimum absolute atomic E-state index is 0.209. The van der Waals surface area contributed by atoms with E-state index in [1.807, 2.05) is 35.0 Å². The van der Waals surface area contributed by atoms with Gasteiger partial charge >= 0.3 is 0 Å². The van der Waals surface area contributed by atoms with Crippen molar-refractivity contribution in [2.45, 2.75) is 12.5 Å². The van der Waals surface area contributed by atoms with Crippen molar-refractivity contribution in [3.63, 3.8) is 0 Å². The second-order valence-corrected chi connectivity index (χ2v) is 7.13. The van der Waals surface area contributed by atoms with Gasteiger partial charge in [-0.2, -0.15) is 4.98 Å². The lowest BCUT2D eigenvalue weighted by molar-refractivity contribution is 0.122. The van der Waals surface area contributed by atoms with Gasteiger partial charge in [-0.15, -0.1) is 11.3 Å². The van der Waals surface area contributed by atoms with Gasteiger partial charge in [0.15, 0.2) is 5.60 Å². The number of aliphatic hydroxyl groups is 1. The fraction of sp³-hybridized carbons (Fsp3) is 0.150. The fourth-order valence-electron chi connectivity index (χ4n) is 2.79. The summed E-state index contributed by atoms with van der Waals surface area (Å²) in [6, 6.07) is 7.52. The van der Waals surface area contributed by atoms with Crippen molar-refractivity contribution in [2.75, 3.05) is 12.8 Å². The molecule has 1 unspecified atom stereocenters. The summed E-state index contributed by atoms with van der Waals surface area (Å²) in [5.74, 6) is 6.73. The number of hydrogen-bond donors (Lipinski definition) is 2. The Morgan fingerprint density at radius 2 is 2.14 bits per heavy atom. The molecule has 3 aromatic heterocycles. The van der Waals surface area contributed by atoms with Gasteiger partial charge in [-0.25, -0.2) is 9.97 Å². The number of hydrogen-bond acceptors (Lipinski definition) is 7. The fourth-order valence-corrected chi connectivity index (χ4v) is 3.44. The SMILES string of the molecule is COc1ccc(-n2ccc3cnc(N)nc32)cc1C#CC(C)(O)c1nccs1. The highest BCUT2D eigenvalue weighted by molar-refractivity contribution is 7.09. The van der Waals surface area contributed by atoms with Crippen molar-refractivity contribution in [1.82, 2.24) is 19.5 Å². The molecule has 7 nitrogen and oxygen atoms in total. The minimum Gasteiger partial charge on any atom is -0.495 e. The molecule has 0 saturated carbocycles. The van der Waals surface area contributed by atoms with Gasteiger partial charge in [0, 0.05) is 35.0 Å². The lowest BCUT2D eigenvalue weighted by Gasteiger charge is -2.13. The van der Waals surface area contributed by atoms with E-state index < -0.39 is 5.60 Å². The van der Waals surface area contributed by atoms with Crippen molar-refractivity contribution < 1.29 is 9.84 Å². The van der Waals surface area contributed by atoms with Crippen molar-refractivity contribution in [1.29, 1.82) is 0 Å². The van der Waals surface area contributed by atoms with E-state index in [2.05, 4.69) is 26.8 Å². The Labute approximate surface area is 165 Å². The topological polar surface area (TPSA) is 99.1 Å². The van der Waals surface area contributed by atoms with Crippen molar-refractivity contribution in [3.8, 4) is 23.3 Å². The van der Waals surface area contributed by atoms with E-state index in [0.29, 0.717) is 22.0 Å². The standard InChI is InChI=1S/C20H17N5O2S/c1-20(26,18-22-8-10-28-18)7-5-13-11-15(3-4-16(13)27-2)25-9-6-14-12-23-19(21)24-17(14)25/h3-4,6,8-12,26H,1-2H3,(H2,21,23,24). The number of ether oxygens (including phenoxy) is 1. The number of nitrogen functional groups attached to an aromatic ring is 1. The first-order valence-corrected chi connectivity index (χ1v) is 9.29. The largest absolute Gasteiger partial charge is 0.495 e. The van der Waals surface area contributed by atoms with E-state index in [9.17, 15) is 5.11 Å². The first-order valence-electron chi connectivity index (χ1n) is 8.41. The van der Waals surface area contributed by atoms with Gasteiger partial charge in [0.05, 0.1) is 12.7 Å². The number of nitrogens with zero attached hydrogens (tertiary/aromatic N) is 4. The van der Waals surface area contributed by atoms with E-state index in [-0.39, 0.29) is 5.95 Å². The normalized spacial score (nSPS) is 13.0. The van der Waals surface area contributed by atoms with Crippen LogP contribution in [0.1, 0.15) is 17.5 Å². The number of fused-ring (bicyclic) bond motifs is 1. The molecule has 4 aromatic rings. The molecular weight excluding hydrogens is 374 g/mol. The number of rotatable bonds is 3. The average molecular weight is 391 g/mol. The molecule has 4 rings (SSSR count). The van der Waals surface area contributed by atoms with Gasteiger partial charge in [0.2, 0.25) is 5.95 Å². The number of nitrogens with two attached hydrogens (primary N) is 1. The highest BCUT2D eigenvalue weighted by atomic mass is 32.1. The van der Waals surface area contributed by atoms with Crippen LogP contribution in [0.25, 0.3) is 16.7 Å². The molecule has 0 bridgehead atoms. The van der Waals surface area contributed by atoms with Gasteiger partial charge in [-0.05, 0) is 31.2 Å². The molecule has 0 spiro atoms. The molecule has 0 radical (unpaired) electrons. The lowest BCUT2D eigenvalue weighted by Crippen LogP contribution is -2.18. The molecule has 0 amide bonds. The van der Waals surface area contributed by atoms with Crippen LogP contribution in [0.15, 0.2) is 48.2 Å². The maximum absolute atomic E-state index is 10.6. The highest BCUT2D eigenvalue weighted by Crippen LogP contribution is 2.26. The zero-order valence-electron chi connectivity index (χ0n) is 15.2. The third kappa shape index (κ3) is 3.29. The van der Waals surface area contributed by atoms with Crippen LogP contribution in [-0.2, 0) is 5.60 Å². The first kappa shape index (κ1) is 18.0. The summed E-state index contributed by atoms with van der Waals surface area (Å²) in [6.45, 7) is 1.62. The van der Waals surface area contributed by atoms with E-state index in [1.165, 1.54) is 11.3 Å². The van der Waals surface area contributed by atoms with Crippen LogP contribution in [0.4, 0.5) is 5.95 Å². The Bertz CT molecular complexity index is 1200. The zero-order chi connectivity index (χ0) is 19.7. The van der Waals surface area contributed by atoms with E-state index in [0.717, 1.165) is 11.1 Å². The van der Waals surface area contributed by atoms with E-state index in [4.69, 9.17) is 10.5 Å². The minimum atomic E-state index is -1.35. The molecule has 140 valence electrons. The van der Waals surface area contributed by atoms with Crippen molar-refractivity contribution in [3.05, 3.63) is 58.8 Å². The van der Waals surface area contributed by atoms with E-state index in [1.54, 1.807) is 31.8 Å². The molecule has 0 aliphatic rings. The molecule has 1 atom stereocenters. The second kappa shape index (κ2) is 6.96. The van der Waals surface area contributed by atoms with E-state index >= 15 is 0 Å². The number of aromatic nitrogens is 4. The molecule has 0 fully saturated rings. The molecule has 8 heteroatoms. The zero-order valence-corrected chi connectivity index (χ0v) is 16.1. The number of benzene rings is 1. The molecule has 0 aliphatic heterocycles. The summed E-state index contributed by atoms with van der Waals surface area (Å²) >= 11 is 1.35. The molecule has 3 N–H and O–H groups in total. The molecule has 3 heterocycles. The molecule has 0 saturated heterocycles. The van der Waals surface area contributed by atoms with Gasteiger partial charge in [0.1, 0.15) is 16.4 Å². The van der Waals surface area contributed by atoms with Crippen LogP contribution in [-0.4, -0.2) is 31.7 Å². The molecule has 0 aliphatic carbocycles. The summed E-state index contributed by atoms with van der Waals surface area (Å²) in [4.78, 5) is 12.5. The molecule has 1 aromatic carbocycles. The summed E-state index contributed by atoms with van der Waals surface area (Å²) in [7, 11) is 1.58. The Balaban J connectivity index is 1.79. The predicted octanol–water partition coefficient (Wildman–Crippen LogP) is 2.73. The molecular formula is C20H17N5O2S. The maximum Gasteiger partial charge on any atom is 0.221 e. The van der Waals surface area contributed by atoms with Crippen LogP contribution in [0.3, 0.4) is 0 Å². The number of anilines is 1. The third-order valence-corrected chi connectivity index (χ3v) is 5.18. The maximum atomic E-state index is 10.6. The van der Waals surface area contributed by atoms with Crippen LogP contribution in [0.2, 0.25) is 0 Å². The Kier molecular flexibility index (Phi) is 4.47. The molecule has 28 heavy (non-hydrogen) atoms. The monoisotopic (exact) mass is 391 g/mol. The summed E-state index contributed by atoms with van der Waals surface area (Å²) in [5.41, 5.74) is 6.57. The van der Waals surface area contributed by atoms with Crippen LogP contribution >= 0.6 is 11.3 Å². The predicted molar refractivity (Wildman–Crippen MR) is 108 cm³/mol. The first-order chi connectivity index (χ1) is 13.5. The summed E-state index contributed by atoms with van der Waals surface area (Å²) in [6.07, 6.45) is 5.22. The smallest absolute Gasteiger partial charge is 0.221 e. The summed E-state index contributed by atoms with van der Waals surface area (Å²) in [5, 5.41) is 13.8. The van der Waals surface area contributed by atoms with Crippen LogP contribution in [0, 0.1) is 11.8 Å². The quantitative estimate of drug-likeness (QED) is 0.521. The van der Waals surface area contributed by atoms with Crippen molar-refractivity contribution in [2.24, 2.45) is 0 Å². The van der Waals surface area contributed by atoms with Crippen LogP contribution < -0.4 is 10.5 Å². The van der Waals surface area contributed by atoms with Crippen molar-refractivity contribution >= 4 is 28.3 Å². The lowest BCUT2D eigenvalue weighted by atomic mass is 10.1. The van der Waals surface area contributed by atoms with Gasteiger partial charge < -0.3 is 20.1 Å². The Morgan fingerprint density at radius 1 is 1.29 bits per heavy atom. The second-order valence-electron chi connectivity index (χ2n) is 6.24. The van der Waals surface area contributed by atoms with Gasteiger partial charge in [-0.1, -0.05) is 11.8 Å². The Hall–Kier alpha value is -3.41. The Morgan fingerprint density at radius 3 is 2.89 bits per heavy atom. The third-order valence-electron chi connectivity index (χ3n) is 4.20. The summed E-state index contributed by atoms with van der Waals surface area (Å²) < 4.78 is 7.33. The van der Waals surface area contributed by atoms with Crippen LogP contribution in [0.5, 0.6) is 5.75 Å². The van der Waals surface area contributed by atoms with Gasteiger partial charge in [-0.3, -0.25) is 0 Å². The number of thiazole rings is 1. The van der Waals surface area contributed by atoms with Gasteiger partial charge in [0.25, 0.3) is 0 Å².